The number of nitrogens with zero attached hydrogens (tertiary/aromatic N) is 1. The number of amides is 1. The smallest absolute Gasteiger partial charge is 0.274 e. The van der Waals surface area contributed by atoms with Crippen molar-refractivity contribution < 1.29 is 31.6 Å². The van der Waals surface area contributed by atoms with Gasteiger partial charge in [-0.3, -0.25) is 10.0 Å². The molecule has 0 spiro atoms. The third kappa shape index (κ3) is 4.08. The zero-order valence-electron chi connectivity index (χ0n) is 14.4. The van der Waals surface area contributed by atoms with Crippen molar-refractivity contribution in [2.75, 3.05) is 0 Å². The van der Waals surface area contributed by atoms with Crippen molar-refractivity contribution in [3.05, 3.63) is 62.9 Å². The summed E-state index contributed by atoms with van der Waals surface area (Å²) in [6.45, 7) is -0.264. The van der Waals surface area contributed by atoms with Crippen LogP contribution in [0.25, 0.3) is 0 Å². The van der Waals surface area contributed by atoms with E-state index in [-0.39, 0.29) is 12.1 Å². The molecule has 3 rings (SSSR count). The summed E-state index contributed by atoms with van der Waals surface area (Å²) in [5, 5.41) is 6.19. The second-order valence-electron chi connectivity index (χ2n) is 6.32. The average Bonchev–Trinajstić information content (AvgIpc) is 3.53. The molecule has 0 heterocycles. The number of carbonyl (C=O) groups is 1. The molecule has 1 aliphatic rings. The predicted molar refractivity (Wildman–Crippen MR) is 97.8 cm³/mol. The highest BCUT2D eigenvalue weighted by molar-refractivity contribution is 7.89. The van der Waals surface area contributed by atoms with E-state index in [0.29, 0.717) is 18.4 Å². The monoisotopic (exact) mass is 468 g/mol. The van der Waals surface area contributed by atoms with Crippen LogP contribution in [0.1, 0.15) is 28.8 Å². The number of nitrogens with one attached hydrogen (secondary N) is 1. The second-order valence-corrected chi connectivity index (χ2v) is 8.90. The lowest BCUT2D eigenvalue weighted by atomic mass is 10.1. The minimum Gasteiger partial charge on any atom is -0.288 e. The number of rotatable bonds is 6. The van der Waals surface area contributed by atoms with E-state index < -0.39 is 54.4 Å². The van der Waals surface area contributed by atoms with Crippen LogP contribution in [-0.2, 0) is 16.6 Å². The first-order chi connectivity index (χ1) is 13.6. The highest BCUT2D eigenvalue weighted by Gasteiger charge is 2.42. The SMILES string of the molecule is O=C(NO)c1ccc(CN(C2CC2)S(=O)(=O)c2c(F)c(Cl)c(F)c(Cl)c2F)cc1. The van der Waals surface area contributed by atoms with Gasteiger partial charge in [0.05, 0.1) is 0 Å². The normalized spacial score (nSPS) is 14.3. The lowest BCUT2D eigenvalue weighted by Gasteiger charge is -2.23. The fourth-order valence-corrected chi connectivity index (χ4v) is 5.06. The molecule has 0 aliphatic heterocycles. The van der Waals surface area contributed by atoms with Crippen LogP contribution in [-0.4, -0.2) is 29.9 Å². The molecular formula is C17H13Cl2F3N2O4S. The molecule has 156 valence electrons. The Morgan fingerprint density at radius 1 is 1.07 bits per heavy atom. The molecule has 1 amide bonds. The Morgan fingerprint density at radius 2 is 1.59 bits per heavy atom. The van der Waals surface area contributed by atoms with E-state index in [1.807, 2.05) is 0 Å². The van der Waals surface area contributed by atoms with Gasteiger partial charge in [0.25, 0.3) is 5.91 Å². The zero-order valence-corrected chi connectivity index (χ0v) is 16.8. The summed E-state index contributed by atoms with van der Waals surface area (Å²) in [5.41, 5.74) is 1.99. The van der Waals surface area contributed by atoms with Crippen LogP contribution in [0.3, 0.4) is 0 Å². The second kappa shape index (κ2) is 8.11. The van der Waals surface area contributed by atoms with Gasteiger partial charge in [0, 0.05) is 18.2 Å². The molecule has 1 fully saturated rings. The van der Waals surface area contributed by atoms with Crippen molar-refractivity contribution >= 4 is 39.1 Å². The molecule has 2 aromatic rings. The number of halogens is 5. The van der Waals surface area contributed by atoms with Gasteiger partial charge in [-0.05, 0) is 30.5 Å². The molecule has 0 saturated heterocycles. The van der Waals surface area contributed by atoms with E-state index in [1.165, 1.54) is 29.7 Å². The third-order valence-electron chi connectivity index (χ3n) is 4.35. The van der Waals surface area contributed by atoms with Gasteiger partial charge in [-0.15, -0.1) is 0 Å². The molecule has 0 aromatic heterocycles. The largest absolute Gasteiger partial charge is 0.288 e. The molecule has 2 N–H and O–H groups in total. The molecule has 29 heavy (non-hydrogen) atoms. The van der Waals surface area contributed by atoms with E-state index in [4.69, 9.17) is 28.4 Å². The molecular weight excluding hydrogens is 456 g/mol. The van der Waals surface area contributed by atoms with Crippen LogP contribution in [0.5, 0.6) is 0 Å². The van der Waals surface area contributed by atoms with E-state index in [1.54, 1.807) is 0 Å². The summed E-state index contributed by atoms with van der Waals surface area (Å²) in [6, 6.07) is 5.01. The van der Waals surface area contributed by atoms with E-state index >= 15 is 0 Å². The Kier molecular flexibility index (Phi) is 6.11. The third-order valence-corrected chi connectivity index (χ3v) is 6.93. The van der Waals surface area contributed by atoms with Gasteiger partial charge in [-0.1, -0.05) is 35.3 Å². The zero-order chi connectivity index (χ0) is 21.5. The van der Waals surface area contributed by atoms with Crippen molar-refractivity contribution in [3.8, 4) is 0 Å². The van der Waals surface area contributed by atoms with Crippen molar-refractivity contribution in [2.24, 2.45) is 0 Å². The summed E-state index contributed by atoms with van der Waals surface area (Å²) in [6.07, 6.45) is 0.937. The maximum Gasteiger partial charge on any atom is 0.274 e. The number of hydroxylamine groups is 1. The lowest BCUT2D eigenvalue weighted by molar-refractivity contribution is 0.0706. The number of carbonyl (C=O) groups excluding carboxylic acids is 1. The first kappa shape index (κ1) is 21.8. The Hall–Kier alpha value is -1.85. The quantitative estimate of drug-likeness (QED) is 0.291. The lowest BCUT2D eigenvalue weighted by Crippen LogP contribution is -2.34. The maximum absolute atomic E-state index is 14.4. The van der Waals surface area contributed by atoms with E-state index in [0.717, 1.165) is 4.31 Å². The molecule has 12 heteroatoms. The van der Waals surface area contributed by atoms with Gasteiger partial charge in [0.1, 0.15) is 10.0 Å². The Bertz CT molecular complexity index is 1050. The minimum absolute atomic E-state index is 0.117. The molecule has 0 atom stereocenters. The summed E-state index contributed by atoms with van der Waals surface area (Å²) in [7, 11) is -4.76. The van der Waals surface area contributed by atoms with Crippen LogP contribution in [0.4, 0.5) is 13.2 Å². The van der Waals surface area contributed by atoms with Crippen LogP contribution in [0.2, 0.25) is 10.0 Å². The first-order valence-electron chi connectivity index (χ1n) is 8.16. The van der Waals surface area contributed by atoms with Crippen molar-refractivity contribution in [1.82, 2.24) is 9.79 Å². The summed E-state index contributed by atoms with van der Waals surface area (Å²) < 4.78 is 69.4. The maximum atomic E-state index is 14.4. The standard InChI is InChI=1S/C17H13Cl2F3N2O4S/c18-11-13(20)12(19)15(22)16(14(11)21)29(27,28)24(10-5-6-10)7-8-1-3-9(4-2-8)17(25)23-26/h1-4,10,26H,5-7H2,(H,23,25). The molecule has 1 saturated carbocycles. The van der Waals surface area contributed by atoms with Crippen LogP contribution in [0, 0.1) is 17.5 Å². The molecule has 0 radical (unpaired) electrons. The van der Waals surface area contributed by atoms with Crippen LogP contribution in [0.15, 0.2) is 29.2 Å². The summed E-state index contributed by atoms with van der Waals surface area (Å²) in [5.74, 6) is -5.86. The number of hydrogen-bond acceptors (Lipinski definition) is 4. The topological polar surface area (TPSA) is 86.7 Å². The van der Waals surface area contributed by atoms with Gasteiger partial charge in [-0.2, -0.15) is 4.31 Å². The molecule has 0 unspecified atom stereocenters. The first-order valence-corrected chi connectivity index (χ1v) is 10.4. The molecule has 6 nitrogen and oxygen atoms in total. The van der Waals surface area contributed by atoms with Crippen molar-refractivity contribution in [3.63, 3.8) is 0 Å². The Morgan fingerprint density at radius 3 is 2.03 bits per heavy atom. The minimum atomic E-state index is -4.76. The fourth-order valence-electron chi connectivity index (χ4n) is 2.71. The highest BCUT2D eigenvalue weighted by atomic mass is 35.5. The van der Waals surface area contributed by atoms with Gasteiger partial charge in [0.2, 0.25) is 10.0 Å². The molecule has 2 aromatic carbocycles. The number of sulfonamides is 1. The van der Waals surface area contributed by atoms with Crippen molar-refractivity contribution in [1.29, 1.82) is 0 Å². The Balaban J connectivity index is 2.01. The fraction of sp³-hybridized carbons (Fsp3) is 0.235. The average molecular weight is 469 g/mol. The van der Waals surface area contributed by atoms with Crippen molar-refractivity contribution in [2.45, 2.75) is 30.3 Å². The molecule has 0 bridgehead atoms. The van der Waals surface area contributed by atoms with Crippen LogP contribution >= 0.6 is 23.2 Å². The van der Waals surface area contributed by atoms with Crippen LogP contribution < -0.4 is 5.48 Å². The summed E-state index contributed by atoms with van der Waals surface area (Å²) in [4.78, 5) is 9.95. The number of benzene rings is 2. The Labute approximate surface area is 173 Å². The van der Waals surface area contributed by atoms with Gasteiger partial charge in [0.15, 0.2) is 22.3 Å². The summed E-state index contributed by atoms with van der Waals surface area (Å²) >= 11 is 10.9. The van der Waals surface area contributed by atoms with E-state index in [9.17, 15) is 26.4 Å². The van der Waals surface area contributed by atoms with E-state index in [2.05, 4.69) is 0 Å². The highest BCUT2D eigenvalue weighted by Crippen LogP contribution is 2.39. The van der Waals surface area contributed by atoms with Gasteiger partial charge in [-0.25, -0.2) is 27.1 Å². The predicted octanol–water partition coefficient (Wildman–Crippen LogP) is 3.88. The number of hydrogen-bond donors (Lipinski definition) is 2. The van der Waals surface area contributed by atoms with Gasteiger partial charge < -0.3 is 0 Å². The van der Waals surface area contributed by atoms with Gasteiger partial charge >= 0.3 is 0 Å². The molecule has 1 aliphatic carbocycles.